The molecule has 0 N–H and O–H groups in total. The van der Waals surface area contributed by atoms with Crippen LogP contribution in [0.2, 0.25) is 0 Å². The zero-order chi connectivity index (χ0) is 32.0. The zero-order valence-corrected chi connectivity index (χ0v) is 27.8. The number of hydrogen-bond acceptors (Lipinski definition) is 5. The molecule has 6 heteroatoms. The van der Waals surface area contributed by atoms with Gasteiger partial charge in [0.05, 0.1) is 11.6 Å². The summed E-state index contributed by atoms with van der Waals surface area (Å²) in [5.41, 5.74) is 3.95. The molecule has 1 heterocycles. The number of nitrogens with zero attached hydrogens (tertiary/aromatic N) is 1. The number of benzene rings is 2. The van der Waals surface area contributed by atoms with E-state index in [0.29, 0.717) is 29.9 Å². The van der Waals surface area contributed by atoms with Gasteiger partial charge in [0.2, 0.25) is 6.36 Å². The van der Waals surface area contributed by atoms with Crippen molar-refractivity contribution in [3.8, 4) is 5.75 Å². The lowest BCUT2D eigenvalue weighted by molar-refractivity contribution is -0.150. The summed E-state index contributed by atoms with van der Waals surface area (Å²) in [6, 6.07) is 13.2. The van der Waals surface area contributed by atoms with Crippen molar-refractivity contribution in [2.75, 3.05) is 0 Å². The van der Waals surface area contributed by atoms with Crippen LogP contribution in [0.15, 0.2) is 47.5 Å². The molecule has 1 saturated carbocycles. The van der Waals surface area contributed by atoms with Crippen LogP contribution < -0.4 is 4.74 Å². The number of ketones is 1. The lowest BCUT2D eigenvalue weighted by atomic mass is 9.87. The van der Waals surface area contributed by atoms with E-state index < -0.39 is 6.36 Å². The highest BCUT2D eigenvalue weighted by Crippen LogP contribution is 2.37. The van der Waals surface area contributed by atoms with Crippen molar-refractivity contribution < 1.29 is 23.5 Å². The van der Waals surface area contributed by atoms with Crippen LogP contribution in [-0.2, 0) is 16.1 Å². The smallest absolute Gasteiger partial charge is 0.309 e. The lowest BCUT2D eigenvalue weighted by Gasteiger charge is -2.20. The topological polar surface area (TPSA) is 65.0 Å². The molecule has 4 rings (SSSR count). The molecule has 0 bridgehead atoms. The van der Waals surface area contributed by atoms with E-state index in [1.54, 1.807) is 12.1 Å². The van der Waals surface area contributed by atoms with Crippen molar-refractivity contribution >= 4 is 23.7 Å². The average Bonchev–Trinajstić information content (AvgIpc) is 3.27. The number of aliphatic imine (C=N–C) groups is 1. The minimum Gasteiger partial charge on any atom is -0.461 e. The first kappa shape index (κ1) is 34.8. The molecule has 45 heavy (non-hydrogen) atoms. The highest BCUT2D eigenvalue weighted by molar-refractivity contribution is 5.97. The number of Topliss-reactive ketones (excluding diaryl/α,β-unsaturated/α-hetero) is 1. The summed E-state index contributed by atoms with van der Waals surface area (Å²) in [5.74, 6) is 2.24. The molecule has 246 valence electrons. The minimum absolute atomic E-state index is 0.0633. The average molecular weight is 620 g/mol. The van der Waals surface area contributed by atoms with Gasteiger partial charge in [-0.25, -0.2) is 4.39 Å². The van der Waals surface area contributed by atoms with Gasteiger partial charge in [0, 0.05) is 25.1 Å². The van der Waals surface area contributed by atoms with Gasteiger partial charge < -0.3 is 9.47 Å². The third kappa shape index (κ3) is 11.1. The summed E-state index contributed by atoms with van der Waals surface area (Å²) >= 11 is 0. The molecule has 0 aromatic heterocycles. The second-order valence-corrected chi connectivity index (χ2v) is 13.3. The van der Waals surface area contributed by atoms with Crippen molar-refractivity contribution in [2.24, 2.45) is 22.7 Å². The Morgan fingerprint density at radius 3 is 2.47 bits per heavy atom. The quantitative estimate of drug-likeness (QED) is 0.0765. The number of carbonyl (C=O) groups is 2. The number of hydrogen-bond donors (Lipinski definition) is 0. The molecule has 1 aliphatic heterocycles. The van der Waals surface area contributed by atoms with E-state index in [4.69, 9.17) is 9.47 Å². The van der Waals surface area contributed by atoms with Crippen LogP contribution in [0.5, 0.6) is 5.75 Å². The Hall–Kier alpha value is -3.02. The van der Waals surface area contributed by atoms with E-state index in [1.165, 1.54) is 38.2 Å². The molecular weight excluding hydrogens is 565 g/mol. The molecule has 0 radical (unpaired) electrons. The summed E-state index contributed by atoms with van der Waals surface area (Å²) in [4.78, 5) is 30.8. The van der Waals surface area contributed by atoms with Crippen LogP contribution in [0, 0.1) is 17.8 Å². The number of carbonyl (C=O) groups excluding carboxylic acids is 2. The third-order valence-electron chi connectivity index (χ3n) is 9.84. The number of esters is 1. The highest BCUT2D eigenvalue weighted by atomic mass is 19.1. The Bertz CT molecular complexity index is 1240. The Kier molecular flexibility index (Phi) is 14.1. The van der Waals surface area contributed by atoms with Gasteiger partial charge in [-0.2, -0.15) is 0 Å². The first-order valence-electron chi connectivity index (χ1n) is 17.6. The molecule has 1 fully saturated rings. The molecule has 5 atom stereocenters. The summed E-state index contributed by atoms with van der Waals surface area (Å²) < 4.78 is 23.8. The Labute approximate surface area is 270 Å². The van der Waals surface area contributed by atoms with Crippen molar-refractivity contribution in [3.05, 3.63) is 59.2 Å². The molecule has 0 spiro atoms. The standard InChI is InChI=1S/C39H54FNO4/c1-4-6-13-33(39(43)44-27-31-17-20-35(21-18-31)45-28(3)40)14-8-7-10-29-11-9-12-30(16-15-29)25-38(42)34-19-22-36-32(5-2)23-24-41-37(36)26-34/h17-22,24,26,28-30,32-33H,4-16,23,25,27H2,1-3H3. The van der Waals surface area contributed by atoms with E-state index in [2.05, 4.69) is 24.9 Å². The van der Waals surface area contributed by atoms with E-state index in [9.17, 15) is 14.0 Å². The Balaban J connectivity index is 1.17. The monoisotopic (exact) mass is 619 g/mol. The van der Waals surface area contributed by atoms with Gasteiger partial charge in [0.1, 0.15) is 12.4 Å². The molecular formula is C39H54FNO4. The van der Waals surface area contributed by atoms with Crippen LogP contribution in [0.3, 0.4) is 0 Å². The highest BCUT2D eigenvalue weighted by Gasteiger charge is 2.24. The van der Waals surface area contributed by atoms with Gasteiger partial charge in [-0.05, 0) is 79.2 Å². The van der Waals surface area contributed by atoms with Crippen molar-refractivity contribution in [2.45, 2.75) is 136 Å². The van der Waals surface area contributed by atoms with Crippen LogP contribution in [-0.4, -0.2) is 24.3 Å². The predicted octanol–water partition coefficient (Wildman–Crippen LogP) is 10.9. The number of halogens is 1. The number of unbranched alkanes of at least 4 members (excludes halogenated alkanes) is 2. The van der Waals surface area contributed by atoms with Crippen LogP contribution in [0.4, 0.5) is 10.1 Å². The molecule has 0 saturated heterocycles. The first-order valence-corrected chi connectivity index (χ1v) is 17.6. The van der Waals surface area contributed by atoms with Crippen molar-refractivity contribution in [1.82, 2.24) is 0 Å². The Morgan fingerprint density at radius 2 is 1.71 bits per heavy atom. The minimum atomic E-state index is -1.36. The first-order chi connectivity index (χ1) is 21.9. The fraction of sp³-hybridized carbons (Fsp3) is 0.615. The lowest BCUT2D eigenvalue weighted by Crippen LogP contribution is -2.18. The van der Waals surface area contributed by atoms with Crippen LogP contribution in [0.25, 0.3) is 0 Å². The maximum atomic E-state index is 13.2. The molecule has 2 aliphatic rings. The molecule has 2 aromatic carbocycles. The summed E-state index contributed by atoms with van der Waals surface area (Å²) in [6.07, 6.45) is 16.4. The van der Waals surface area contributed by atoms with Gasteiger partial charge in [-0.15, -0.1) is 0 Å². The number of rotatable bonds is 17. The zero-order valence-electron chi connectivity index (χ0n) is 27.8. The van der Waals surface area contributed by atoms with Crippen molar-refractivity contribution in [3.63, 3.8) is 0 Å². The fourth-order valence-electron chi connectivity index (χ4n) is 7.07. The van der Waals surface area contributed by atoms with Gasteiger partial charge in [0.25, 0.3) is 0 Å². The van der Waals surface area contributed by atoms with Gasteiger partial charge >= 0.3 is 5.97 Å². The third-order valence-corrected chi connectivity index (χ3v) is 9.84. The number of ether oxygens (including phenoxy) is 2. The Morgan fingerprint density at radius 1 is 0.956 bits per heavy atom. The van der Waals surface area contributed by atoms with Crippen LogP contribution in [0.1, 0.15) is 144 Å². The maximum absolute atomic E-state index is 13.2. The maximum Gasteiger partial charge on any atom is 0.309 e. The predicted molar refractivity (Wildman–Crippen MR) is 180 cm³/mol. The van der Waals surface area contributed by atoms with E-state index in [0.717, 1.165) is 81.0 Å². The molecule has 5 unspecified atom stereocenters. The van der Waals surface area contributed by atoms with Gasteiger partial charge in [0.15, 0.2) is 5.78 Å². The molecule has 1 aliphatic carbocycles. The summed E-state index contributed by atoms with van der Waals surface area (Å²) in [6.45, 7) is 5.93. The summed E-state index contributed by atoms with van der Waals surface area (Å²) in [5, 5.41) is 0. The van der Waals surface area contributed by atoms with Gasteiger partial charge in [-0.3, -0.25) is 14.6 Å². The van der Waals surface area contributed by atoms with E-state index in [-0.39, 0.29) is 24.3 Å². The molecule has 0 amide bonds. The van der Waals surface area contributed by atoms with E-state index >= 15 is 0 Å². The molecule has 2 aromatic rings. The normalized spacial score (nSPS) is 20.9. The van der Waals surface area contributed by atoms with E-state index in [1.807, 2.05) is 30.5 Å². The fourth-order valence-corrected chi connectivity index (χ4v) is 7.07. The number of fused-ring (bicyclic) bond motifs is 1. The van der Waals surface area contributed by atoms with Gasteiger partial charge in [-0.1, -0.05) is 95.9 Å². The van der Waals surface area contributed by atoms with Crippen LogP contribution >= 0.6 is 0 Å². The van der Waals surface area contributed by atoms with Crippen molar-refractivity contribution in [1.29, 1.82) is 0 Å². The number of alkyl halides is 1. The second-order valence-electron chi connectivity index (χ2n) is 13.3. The molecule has 5 nitrogen and oxygen atoms in total. The SMILES string of the molecule is CCCCC(CCCCC1CCCC(CC(=O)c2ccc3c(c2)N=CCC3CC)CC1)C(=O)OCc1ccc(OC(C)F)cc1. The second kappa shape index (κ2) is 18.2. The largest absolute Gasteiger partial charge is 0.461 e. The summed E-state index contributed by atoms with van der Waals surface area (Å²) in [7, 11) is 0.